The lowest BCUT2D eigenvalue weighted by molar-refractivity contribution is 0.547. The summed E-state index contributed by atoms with van der Waals surface area (Å²) in [7, 11) is 0.364. The molecule has 0 N–H and O–H groups in total. The molecule has 0 bridgehead atoms. The van der Waals surface area contributed by atoms with E-state index >= 15 is 0 Å². The van der Waals surface area contributed by atoms with Gasteiger partial charge in [0.1, 0.15) is 0 Å². The van der Waals surface area contributed by atoms with E-state index in [2.05, 4.69) is 20.8 Å². The Balaban J connectivity index is 3.39. The molecule has 0 aliphatic rings. The topological polar surface area (TPSA) is 0 Å². The van der Waals surface area contributed by atoms with E-state index in [1.54, 1.807) is 18.5 Å². The molecule has 0 aliphatic carbocycles. The summed E-state index contributed by atoms with van der Waals surface area (Å²) in [6, 6.07) is 0. The Morgan fingerprint density at radius 2 is 0.500 bits per heavy atom. The van der Waals surface area contributed by atoms with Crippen LogP contribution in [0.3, 0.4) is 0 Å². The summed E-state index contributed by atoms with van der Waals surface area (Å²) >= 11 is 0. The van der Waals surface area contributed by atoms with Crippen LogP contribution >= 0.6 is 7.92 Å². The summed E-state index contributed by atoms with van der Waals surface area (Å²) < 4.78 is 0. The van der Waals surface area contributed by atoms with Gasteiger partial charge in [0.2, 0.25) is 0 Å². The molecule has 0 unspecified atom stereocenters. The molecule has 0 fully saturated rings. The highest BCUT2D eigenvalue weighted by molar-refractivity contribution is 7.57. The number of unbranched alkanes of at least 4 members (excludes halogenated alkanes) is 22. The van der Waals surface area contributed by atoms with Crippen LogP contribution in [0.2, 0.25) is 0 Å². The summed E-state index contributed by atoms with van der Waals surface area (Å²) in [6.45, 7) is 7.02. The second-order valence-corrected chi connectivity index (χ2v) is 13.3. The van der Waals surface area contributed by atoms with E-state index in [4.69, 9.17) is 0 Å². The van der Waals surface area contributed by atoms with Gasteiger partial charge < -0.3 is 0 Å². The van der Waals surface area contributed by atoms with Crippen molar-refractivity contribution >= 4 is 7.92 Å². The molecule has 1 heteroatoms. The van der Waals surface area contributed by atoms with Gasteiger partial charge in [-0.1, -0.05) is 168 Å². The predicted octanol–water partition coefficient (Wildman–Crippen LogP) is 12.3. The summed E-state index contributed by atoms with van der Waals surface area (Å²) in [5.74, 6) is 0. The van der Waals surface area contributed by atoms with Gasteiger partial charge in [-0.15, -0.1) is 7.92 Å². The quantitative estimate of drug-likeness (QED) is 0.0790. The zero-order chi connectivity index (χ0) is 23.4. The molecule has 0 spiro atoms. The van der Waals surface area contributed by atoms with Gasteiger partial charge in [-0.3, -0.25) is 0 Å². The lowest BCUT2D eigenvalue weighted by atomic mass is 10.1. The van der Waals surface area contributed by atoms with Crippen molar-refractivity contribution in [2.45, 2.75) is 181 Å². The molecule has 0 nitrogen and oxygen atoms in total. The molecule has 0 saturated heterocycles. The zero-order valence-electron chi connectivity index (χ0n) is 23.2. The van der Waals surface area contributed by atoms with E-state index in [1.165, 1.54) is 161 Å². The standard InChI is InChI=1S/C31H65P/c1-4-7-9-11-13-15-17-19-21-23-25-27-30-32(29-6-3)31-28-26-24-22-20-18-16-14-12-10-8-5-2/h4-31H2,1-3H3. The monoisotopic (exact) mass is 468 g/mol. The minimum atomic E-state index is 0.364. The van der Waals surface area contributed by atoms with Crippen LogP contribution in [0, 0.1) is 0 Å². The number of hydrogen-bond acceptors (Lipinski definition) is 0. The smallest absolute Gasteiger partial charge is 0.0326 e. The first-order valence-electron chi connectivity index (χ1n) is 15.6. The lowest BCUT2D eigenvalue weighted by Crippen LogP contribution is -1.96. The Bertz CT molecular complexity index is 286. The molecule has 0 atom stereocenters. The molecule has 194 valence electrons. The van der Waals surface area contributed by atoms with Crippen LogP contribution in [-0.4, -0.2) is 18.5 Å². The second kappa shape index (κ2) is 29.5. The Labute approximate surface area is 207 Å². The van der Waals surface area contributed by atoms with Crippen LogP contribution in [0.5, 0.6) is 0 Å². The molecule has 0 heterocycles. The largest absolute Gasteiger partial charge is 0.107 e. The van der Waals surface area contributed by atoms with Gasteiger partial charge >= 0.3 is 0 Å². The second-order valence-electron chi connectivity index (χ2n) is 10.6. The lowest BCUT2D eigenvalue weighted by Gasteiger charge is -2.17. The number of rotatable bonds is 28. The number of hydrogen-bond donors (Lipinski definition) is 0. The zero-order valence-corrected chi connectivity index (χ0v) is 24.1. The Hall–Kier alpha value is 0.430. The fourth-order valence-corrected chi connectivity index (χ4v) is 7.65. The molecule has 0 amide bonds. The van der Waals surface area contributed by atoms with Gasteiger partial charge in [0.25, 0.3) is 0 Å². The molecule has 0 aromatic heterocycles. The first-order chi connectivity index (χ1) is 15.8. The van der Waals surface area contributed by atoms with Gasteiger partial charge in [-0.25, -0.2) is 0 Å². The summed E-state index contributed by atoms with van der Waals surface area (Å²) in [4.78, 5) is 0. The minimum Gasteiger partial charge on any atom is -0.107 e. The highest BCUT2D eigenvalue weighted by Gasteiger charge is 2.06. The molecular weight excluding hydrogens is 403 g/mol. The van der Waals surface area contributed by atoms with Crippen molar-refractivity contribution in [3.8, 4) is 0 Å². The van der Waals surface area contributed by atoms with Crippen LogP contribution in [0.25, 0.3) is 0 Å². The van der Waals surface area contributed by atoms with Crippen molar-refractivity contribution in [2.75, 3.05) is 18.5 Å². The molecular formula is C31H65P. The first kappa shape index (κ1) is 32.4. The molecule has 0 aromatic rings. The Kier molecular flexibility index (Phi) is 29.9. The van der Waals surface area contributed by atoms with Crippen molar-refractivity contribution in [2.24, 2.45) is 0 Å². The molecule has 32 heavy (non-hydrogen) atoms. The van der Waals surface area contributed by atoms with Gasteiger partial charge in [0, 0.05) is 0 Å². The van der Waals surface area contributed by atoms with E-state index in [1.807, 2.05) is 0 Å². The van der Waals surface area contributed by atoms with Crippen LogP contribution < -0.4 is 0 Å². The fourth-order valence-electron chi connectivity index (χ4n) is 5.00. The molecule has 0 aromatic carbocycles. The van der Waals surface area contributed by atoms with E-state index in [0.29, 0.717) is 7.92 Å². The molecule has 0 aliphatic heterocycles. The Morgan fingerprint density at radius 1 is 0.250 bits per heavy atom. The fraction of sp³-hybridized carbons (Fsp3) is 1.00. The van der Waals surface area contributed by atoms with E-state index < -0.39 is 0 Å². The van der Waals surface area contributed by atoms with E-state index in [-0.39, 0.29) is 0 Å². The van der Waals surface area contributed by atoms with E-state index in [0.717, 1.165) is 0 Å². The van der Waals surface area contributed by atoms with Crippen molar-refractivity contribution in [3.63, 3.8) is 0 Å². The third kappa shape index (κ3) is 26.7. The van der Waals surface area contributed by atoms with Gasteiger partial charge in [0.15, 0.2) is 0 Å². The van der Waals surface area contributed by atoms with Crippen molar-refractivity contribution in [1.29, 1.82) is 0 Å². The average Bonchev–Trinajstić information content (AvgIpc) is 2.80. The highest BCUT2D eigenvalue weighted by atomic mass is 31.1. The highest BCUT2D eigenvalue weighted by Crippen LogP contribution is 2.38. The van der Waals surface area contributed by atoms with Crippen LogP contribution in [0.4, 0.5) is 0 Å². The maximum Gasteiger partial charge on any atom is -0.0326 e. The third-order valence-corrected chi connectivity index (χ3v) is 10.2. The normalized spacial score (nSPS) is 11.6. The molecule has 0 radical (unpaired) electrons. The predicted molar refractivity (Wildman–Crippen MR) is 154 cm³/mol. The van der Waals surface area contributed by atoms with E-state index in [9.17, 15) is 0 Å². The summed E-state index contributed by atoms with van der Waals surface area (Å²) in [5, 5.41) is 0. The van der Waals surface area contributed by atoms with Crippen molar-refractivity contribution in [3.05, 3.63) is 0 Å². The Morgan fingerprint density at radius 3 is 0.750 bits per heavy atom. The summed E-state index contributed by atoms with van der Waals surface area (Å²) in [5.41, 5.74) is 0. The van der Waals surface area contributed by atoms with Gasteiger partial charge in [-0.05, 0) is 31.3 Å². The van der Waals surface area contributed by atoms with Gasteiger partial charge in [0.05, 0.1) is 0 Å². The van der Waals surface area contributed by atoms with Crippen LogP contribution in [0.1, 0.15) is 181 Å². The minimum absolute atomic E-state index is 0.364. The first-order valence-corrected chi connectivity index (χ1v) is 17.5. The van der Waals surface area contributed by atoms with Crippen LogP contribution in [0.15, 0.2) is 0 Å². The maximum atomic E-state index is 2.40. The van der Waals surface area contributed by atoms with Gasteiger partial charge in [-0.2, -0.15) is 0 Å². The van der Waals surface area contributed by atoms with Crippen molar-refractivity contribution in [1.82, 2.24) is 0 Å². The average molecular weight is 469 g/mol. The summed E-state index contributed by atoms with van der Waals surface area (Å²) in [6.07, 6.45) is 41.7. The van der Waals surface area contributed by atoms with Crippen molar-refractivity contribution < 1.29 is 0 Å². The molecule has 0 saturated carbocycles. The van der Waals surface area contributed by atoms with Crippen LogP contribution in [-0.2, 0) is 0 Å². The SMILES string of the molecule is CCCCCCCCCCCCCCP(CCC)CCCCCCCCCCCCCC. The third-order valence-electron chi connectivity index (χ3n) is 7.20. The maximum absolute atomic E-state index is 2.40. The molecule has 0 rings (SSSR count).